The summed E-state index contributed by atoms with van der Waals surface area (Å²) in [6.07, 6.45) is 0.944. The third-order valence-corrected chi connectivity index (χ3v) is 3.86. The van der Waals surface area contributed by atoms with Crippen molar-refractivity contribution in [2.24, 2.45) is 0 Å². The van der Waals surface area contributed by atoms with Gasteiger partial charge in [-0.3, -0.25) is 4.57 Å². The van der Waals surface area contributed by atoms with Crippen LogP contribution < -0.4 is 9.47 Å². The zero-order valence-electron chi connectivity index (χ0n) is 13.4. The summed E-state index contributed by atoms with van der Waals surface area (Å²) in [6.45, 7) is 0.565. The molecule has 1 aliphatic rings. The normalized spacial score (nSPS) is 15.8. The molecule has 8 nitrogen and oxygen atoms in total. The van der Waals surface area contributed by atoms with E-state index >= 15 is 0 Å². The Balaban J connectivity index is 1.50. The van der Waals surface area contributed by atoms with Crippen LogP contribution in [0.25, 0.3) is 11.3 Å². The summed E-state index contributed by atoms with van der Waals surface area (Å²) in [5.41, 5.74) is 1.42. The molecule has 0 fully saturated rings. The van der Waals surface area contributed by atoms with E-state index in [1.165, 1.54) is 22.9 Å². The van der Waals surface area contributed by atoms with Crippen molar-refractivity contribution >= 4 is 5.82 Å². The lowest BCUT2D eigenvalue weighted by molar-refractivity contribution is -0.389. The average molecular weight is 356 g/mol. The number of benzene rings is 1. The quantitative estimate of drug-likeness (QED) is 0.527. The Kier molecular flexibility index (Phi) is 3.96. The fourth-order valence-corrected chi connectivity index (χ4v) is 2.66. The average Bonchev–Trinajstić information content (AvgIpc) is 3.06. The van der Waals surface area contributed by atoms with E-state index in [1.807, 2.05) is 0 Å². The molecule has 0 amide bonds. The molecule has 26 heavy (non-hydrogen) atoms. The zero-order valence-corrected chi connectivity index (χ0v) is 13.4. The first-order valence-corrected chi connectivity index (χ1v) is 7.82. The third kappa shape index (κ3) is 3.18. The van der Waals surface area contributed by atoms with Crippen molar-refractivity contribution < 1.29 is 18.8 Å². The molecule has 3 heterocycles. The number of rotatable bonds is 4. The standard InChI is InChI=1S/C17H13FN4O4/c18-12-6-4-11(5-7-12)14-2-1-3-16(19-14)26-13-8-21-9-15(22(23)24)20-17(21)25-10-13/h1-7,9,13H,8,10H2/t13-/m1/s1. The number of pyridine rings is 1. The Bertz CT molecular complexity index is 958. The Morgan fingerprint density at radius 3 is 2.81 bits per heavy atom. The summed E-state index contributed by atoms with van der Waals surface area (Å²) in [5.74, 6) is -0.193. The summed E-state index contributed by atoms with van der Waals surface area (Å²) < 4.78 is 25.9. The van der Waals surface area contributed by atoms with E-state index in [0.717, 1.165) is 5.56 Å². The molecule has 0 bridgehead atoms. The molecular formula is C17H13FN4O4. The number of halogens is 1. The van der Waals surface area contributed by atoms with Gasteiger partial charge in [0.2, 0.25) is 5.88 Å². The molecular weight excluding hydrogens is 343 g/mol. The van der Waals surface area contributed by atoms with Crippen LogP contribution >= 0.6 is 0 Å². The van der Waals surface area contributed by atoms with Crippen molar-refractivity contribution in [2.75, 3.05) is 6.61 Å². The first kappa shape index (κ1) is 16.0. The van der Waals surface area contributed by atoms with Crippen molar-refractivity contribution in [3.63, 3.8) is 0 Å². The summed E-state index contributed by atoms with van der Waals surface area (Å²) in [4.78, 5) is 18.4. The van der Waals surface area contributed by atoms with Crippen molar-refractivity contribution in [2.45, 2.75) is 12.6 Å². The molecule has 0 spiro atoms. The van der Waals surface area contributed by atoms with Crippen LogP contribution in [-0.4, -0.2) is 32.2 Å². The van der Waals surface area contributed by atoms with Gasteiger partial charge in [-0.05, 0) is 35.3 Å². The Morgan fingerprint density at radius 1 is 1.23 bits per heavy atom. The van der Waals surface area contributed by atoms with Gasteiger partial charge in [0.05, 0.1) is 12.2 Å². The van der Waals surface area contributed by atoms with Gasteiger partial charge in [-0.2, -0.15) is 0 Å². The van der Waals surface area contributed by atoms with Crippen LogP contribution in [0.1, 0.15) is 0 Å². The van der Waals surface area contributed by atoms with E-state index in [1.54, 1.807) is 30.3 Å². The number of aromatic nitrogens is 3. The minimum Gasteiger partial charge on any atom is -0.469 e. The maximum Gasteiger partial charge on any atom is 0.414 e. The van der Waals surface area contributed by atoms with Crippen molar-refractivity contribution in [3.05, 3.63) is 64.6 Å². The van der Waals surface area contributed by atoms with E-state index in [4.69, 9.17) is 9.47 Å². The monoisotopic (exact) mass is 356 g/mol. The predicted molar refractivity (Wildman–Crippen MR) is 88.4 cm³/mol. The van der Waals surface area contributed by atoms with Gasteiger partial charge < -0.3 is 19.6 Å². The molecule has 0 radical (unpaired) electrons. The number of nitro groups is 1. The number of hydrogen-bond donors (Lipinski definition) is 0. The first-order valence-electron chi connectivity index (χ1n) is 7.82. The van der Waals surface area contributed by atoms with E-state index in [9.17, 15) is 14.5 Å². The molecule has 0 saturated carbocycles. The fourth-order valence-electron chi connectivity index (χ4n) is 2.66. The Labute approximate surface area is 147 Å². The Hall–Kier alpha value is -3.49. The highest BCUT2D eigenvalue weighted by molar-refractivity contribution is 5.59. The van der Waals surface area contributed by atoms with Crippen LogP contribution in [-0.2, 0) is 6.54 Å². The SMILES string of the molecule is O=[N+]([O-])c1cn2c(n1)OC[C@H](Oc1cccc(-c3ccc(F)cc3)n1)C2. The molecule has 1 aromatic carbocycles. The number of ether oxygens (including phenoxy) is 2. The molecule has 0 saturated heterocycles. The van der Waals surface area contributed by atoms with Crippen molar-refractivity contribution in [1.82, 2.24) is 14.5 Å². The van der Waals surface area contributed by atoms with E-state index in [-0.39, 0.29) is 30.4 Å². The van der Waals surface area contributed by atoms with Crippen LogP contribution in [0.2, 0.25) is 0 Å². The topological polar surface area (TPSA) is 92.3 Å². The molecule has 132 valence electrons. The summed E-state index contributed by atoms with van der Waals surface area (Å²) in [5, 5.41) is 10.8. The van der Waals surface area contributed by atoms with E-state index < -0.39 is 4.92 Å². The lowest BCUT2D eigenvalue weighted by Crippen LogP contribution is -2.34. The van der Waals surface area contributed by atoms with E-state index in [0.29, 0.717) is 18.1 Å². The van der Waals surface area contributed by atoms with Gasteiger partial charge >= 0.3 is 11.8 Å². The molecule has 4 rings (SSSR count). The van der Waals surface area contributed by atoms with Gasteiger partial charge in [0.15, 0.2) is 6.10 Å². The van der Waals surface area contributed by atoms with Gasteiger partial charge in [0.1, 0.15) is 18.6 Å². The van der Waals surface area contributed by atoms with Crippen LogP contribution in [0.3, 0.4) is 0 Å². The second kappa shape index (κ2) is 6.43. The predicted octanol–water partition coefficient (Wildman–Crippen LogP) is 2.83. The maximum atomic E-state index is 13.1. The van der Waals surface area contributed by atoms with Crippen LogP contribution in [0.4, 0.5) is 10.2 Å². The molecule has 2 aromatic heterocycles. The molecule has 1 aliphatic heterocycles. The highest BCUT2D eigenvalue weighted by atomic mass is 19.1. The van der Waals surface area contributed by atoms with Gasteiger partial charge in [-0.1, -0.05) is 6.07 Å². The zero-order chi connectivity index (χ0) is 18.1. The largest absolute Gasteiger partial charge is 0.469 e. The molecule has 0 N–H and O–H groups in total. The molecule has 0 aliphatic carbocycles. The smallest absolute Gasteiger partial charge is 0.414 e. The molecule has 1 atom stereocenters. The minimum absolute atomic E-state index is 0.199. The second-order valence-electron chi connectivity index (χ2n) is 5.71. The summed E-state index contributed by atoms with van der Waals surface area (Å²) in [7, 11) is 0. The van der Waals surface area contributed by atoms with Crippen LogP contribution in [0.15, 0.2) is 48.7 Å². The van der Waals surface area contributed by atoms with Gasteiger partial charge in [0, 0.05) is 16.6 Å². The number of fused-ring (bicyclic) bond motifs is 1. The lowest BCUT2D eigenvalue weighted by atomic mass is 10.1. The van der Waals surface area contributed by atoms with Gasteiger partial charge in [-0.15, -0.1) is 0 Å². The number of hydrogen-bond acceptors (Lipinski definition) is 6. The minimum atomic E-state index is -0.571. The van der Waals surface area contributed by atoms with Crippen molar-refractivity contribution in [1.29, 1.82) is 0 Å². The lowest BCUT2D eigenvalue weighted by Gasteiger charge is -2.22. The third-order valence-electron chi connectivity index (χ3n) is 3.86. The molecule has 3 aromatic rings. The maximum absolute atomic E-state index is 13.1. The van der Waals surface area contributed by atoms with E-state index in [2.05, 4.69) is 9.97 Å². The van der Waals surface area contributed by atoms with Crippen molar-refractivity contribution in [3.8, 4) is 23.1 Å². The highest BCUT2D eigenvalue weighted by Crippen LogP contribution is 2.24. The van der Waals surface area contributed by atoms with Gasteiger partial charge in [0.25, 0.3) is 0 Å². The van der Waals surface area contributed by atoms with Gasteiger partial charge in [-0.25, -0.2) is 9.37 Å². The first-order chi connectivity index (χ1) is 12.6. The fraction of sp³-hybridized carbons (Fsp3) is 0.176. The number of nitrogens with zero attached hydrogens (tertiary/aromatic N) is 4. The molecule has 9 heteroatoms. The Morgan fingerprint density at radius 2 is 2.04 bits per heavy atom. The molecule has 0 unspecified atom stereocenters. The summed E-state index contributed by atoms with van der Waals surface area (Å²) >= 11 is 0. The second-order valence-corrected chi connectivity index (χ2v) is 5.71. The number of imidazole rings is 1. The van der Waals surface area contributed by atoms with Crippen LogP contribution in [0, 0.1) is 15.9 Å². The summed E-state index contributed by atoms with van der Waals surface area (Å²) in [6, 6.07) is 11.5. The highest BCUT2D eigenvalue weighted by Gasteiger charge is 2.29. The van der Waals surface area contributed by atoms with Crippen LogP contribution in [0.5, 0.6) is 11.9 Å².